The molecule has 1 rings (SSSR count). The number of aliphatic hydroxyl groups is 1. The summed E-state index contributed by atoms with van der Waals surface area (Å²) in [6, 6.07) is 9.64. The normalized spacial score (nSPS) is 11.7. The standard InChI is InChI=1S/C16H22N2O2/c1-2-13(8-10-19)12-18-16(20)11-15-6-4-3-5-14(15)7-9-17/h3-6,13,19H,2,7-8,10-12H2,1H3,(H,18,20). The molecule has 0 saturated carbocycles. The highest BCUT2D eigenvalue weighted by molar-refractivity contribution is 5.78. The molecule has 4 nitrogen and oxygen atoms in total. The van der Waals surface area contributed by atoms with Gasteiger partial charge in [-0.25, -0.2) is 0 Å². The van der Waals surface area contributed by atoms with E-state index in [4.69, 9.17) is 10.4 Å². The highest BCUT2D eigenvalue weighted by atomic mass is 16.3. The molecule has 0 heterocycles. The molecule has 1 aromatic rings. The van der Waals surface area contributed by atoms with Gasteiger partial charge in [0.15, 0.2) is 0 Å². The molecular weight excluding hydrogens is 252 g/mol. The fourth-order valence-corrected chi connectivity index (χ4v) is 2.11. The Morgan fingerprint density at radius 3 is 2.70 bits per heavy atom. The molecule has 2 N–H and O–H groups in total. The lowest BCUT2D eigenvalue weighted by Gasteiger charge is -2.14. The summed E-state index contributed by atoms with van der Waals surface area (Å²) >= 11 is 0. The van der Waals surface area contributed by atoms with Gasteiger partial charge in [0.2, 0.25) is 5.91 Å². The van der Waals surface area contributed by atoms with E-state index in [9.17, 15) is 4.79 Å². The molecule has 108 valence electrons. The second-order valence-corrected chi connectivity index (χ2v) is 4.87. The molecule has 4 heteroatoms. The summed E-state index contributed by atoms with van der Waals surface area (Å²) in [6.07, 6.45) is 2.27. The summed E-state index contributed by atoms with van der Waals surface area (Å²) in [7, 11) is 0. The Morgan fingerprint density at radius 2 is 2.10 bits per heavy atom. The van der Waals surface area contributed by atoms with Crippen LogP contribution in [-0.2, 0) is 17.6 Å². The van der Waals surface area contributed by atoms with Crippen LogP contribution in [0.4, 0.5) is 0 Å². The maximum absolute atomic E-state index is 11.9. The summed E-state index contributed by atoms with van der Waals surface area (Å²) in [5, 5.41) is 20.6. The summed E-state index contributed by atoms with van der Waals surface area (Å²) in [5.74, 6) is 0.282. The number of carbonyl (C=O) groups excluding carboxylic acids is 1. The fourth-order valence-electron chi connectivity index (χ4n) is 2.11. The molecule has 0 saturated heterocycles. The molecule has 0 spiro atoms. The van der Waals surface area contributed by atoms with Gasteiger partial charge >= 0.3 is 0 Å². The van der Waals surface area contributed by atoms with E-state index in [1.165, 1.54) is 0 Å². The minimum atomic E-state index is -0.0354. The lowest BCUT2D eigenvalue weighted by atomic mass is 10.0. The van der Waals surface area contributed by atoms with Gasteiger partial charge in [0.25, 0.3) is 0 Å². The number of aliphatic hydroxyl groups excluding tert-OH is 1. The van der Waals surface area contributed by atoms with Crippen molar-refractivity contribution in [2.24, 2.45) is 5.92 Å². The third-order valence-electron chi connectivity index (χ3n) is 3.44. The lowest BCUT2D eigenvalue weighted by Crippen LogP contribution is -2.31. The number of nitrogens with zero attached hydrogens (tertiary/aromatic N) is 1. The number of nitriles is 1. The predicted octanol–water partition coefficient (Wildman–Crippen LogP) is 1.82. The van der Waals surface area contributed by atoms with E-state index < -0.39 is 0 Å². The number of benzene rings is 1. The SMILES string of the molecule is CCC(CCO)CNC(=O)Cc1ccccc1CC#N. The maximum atomic E-state index is 11.9. The largest absolute Gasteiger partial charge is 0.396 e. The first-order chi connectivity index (χ1) is 9.71. The summed E-state index contributed by atoms with van der Waals surface area (Å²) in [5.41, 5.74) is 1.81. The van der Waals surface area contributed by atoms with Crippen LogP contribution in [0.15, 0.2) is 24.3 Å². The minimum Gasteiger partial charge on any atom is -0.396 e. The molecule has 1 unspecified atom stereocenters. The molecule has 20 heavy (non-hydrogen) atoms. The molecule has 0 bridgehead atoms. The smallest absolute Gasteiger partial charge is 0.224 e. The van der Waals surface area contributed by atoms with Crippen molar-refractivity contribution >= 4 is 5.91 Å². The van der Waals surface area contributed by atoms with Gasteiger partial charge in [0.1, 0.15) is 0 Å². The Hall–Kier alpha value is -1.86. The Kier molecular flexibility index (Phi) is 7.38. The van der Waals surface area contributed by atoms with Crippen LogP contribution in [0, 0.1) is 17.2 Å². The van der Waals surface area contributed by atoms with Crippen LogP contribution >= 0.6 is 0 Å². The Bertz CT molecular complexity index is 466. The number of hydrogen-bond donors (Lipinski definition) is 2. The number of rotatable bonds is 8. The zero-order valence-electron chi connectivity index (χ0n) is 11.9. The van der Waals surface area contributed by atoms with E-state index >= 15 is 0 Å². The average molecular weight is 274 g/mol. The molecule has 0 radical (unpaired) electrons. The molecule has 0 aliphatic rings. The Morgan fingerprint density at radius 1 is 1.40 bits per heavy atom. The highest BCUT2D eigenvalue weighted by Crippen LogP contribution is 2.10. The van der Waals surface area contributed by atoms with Gasteiger partial charge in [0.05, 0.1) is 18.9 Å². The second-order valence-electron chi connectivity index (χ2n) is 4.87. The Labute approximate surface area is 120 Å². The van der Waals surface area contributed by atoms with Crippen molar-refractivity contribution in [1.29, 1.82) is 5.26 Å². The number of amides is 1. The van der Waals surface area contributed by atoms with E-state index in [0.29, 0.717) is 31.7 Å². The summed E-state index contributed by atoms with van der Waals surface area (Å²) in [6.45, 7) is 2.80. The molecule has 0 aliphatic carbocycles. The van der Waals surface area contributed by atoms with Crippen LogP contribution in [0.5, 0.6) is 0 Å². The predicted molar refractivity (Wildman–Crippen MR) is 78.0 cm³/mol. The van der Waals surface area contributed by atoms with Gasteiger partial charge in [-0.2, -0.15) is 5.26 Å². The van der Waals surface area contributed by atoms with Crippen molar-refractivity contribution in [3.63, 3.8) is 0 Å². The monoisotopic (exact) mass is 274 g/mol. The number of hydrogen-bond acceptors (Lipinski definition) is 3. The zero-order chi connectivity index (χ0) is 14.8. The molecule has 1 atom stereocenters. The minimum absolute atomic E-state index is 0.0354. The first-order valence-corrected chi connectivity index (χ1v) is 7.02. The quantitative estimate of drug-likeness (QED) is 0.759. The van der Waals surface area contributed by atoms with E-state index in [1.54, 1.807) is 0 Å². The highest BCUT2D eigenvalue weighted by Gasteiger charge is 2.10. The molecule has 0 aliphatic heterocycles. The van der Waals surface area contributed by atoms with Crippen LogP contribution in [0.25, 0.3) is 0 Å². The van der Waals surface area contributed by atoms with Crippen molar-refractivity contribution in [3.8, 4) is 6.07 Å². The van der Waals surface area contributed by atoms with Gasteiger partial charge in [0, 0.05) is 13.2 Å². The van der Waals surface area contributed by atoms with Crippen LogP contribution in [0.3, 0.4) is 0 Å². The van der Waals surface area contributed by atoms with Crippen LogP contribution in [0.2, 0.25) is 0 Å². The molecular formula is C16H22N2O2. The van der Waals surface area contributed by atoms with Gasteiger partial charge in [-0.1, -0.05) is 37.6 Å². The van der Waals surface area contributed by atoms with Crippen molar-refractivity contribution in [1.82, 2.24) is 5.32 Å². The van der Waals surface area contributed by atoms with Crippen molar-refractivity contribution in [2.75, 3.05) is 13.2 Å². The molecule has 1 amide bonds. The molecule has 1 aromatic carbocycles. The topological polar surface area (TPSA) is 73.1 Å². The lowest BCUT2D eigenvalue weighted by molar-refractivity contribution is -0.120. The summed E-state index contributed by atoms with van der Waals surface area (Å²) < 4.78 is 0. The third kappa shape index (κ3) is 5.41. The first kappa shape index (κ1) is 16.2. The van der Waals surface area contributed by atoms with Crippen molar-refractivity contribution in [3.05, 3.63) is 35.4 Å². The van der Waals surface area contributed by atoms with E-state index in [1.807, 2.05) is 24.3 Å². The van der Waals surface area contributed by atoms with Crippen LogP contribution < -0.4 is 5.32 Å². The molecule has 0 fully saturated rings. The van der Waals surface area contributed by atoms with Crippen LogP contribution in [0.1, 0.15) is 30.9 Å². The van der Waals surface area contributed by atoms with E-state index in [0.717, 1.165) is 17.5 Å². The maximum Gasteiger partial charge on any atom is 0.224 e. The van der Waals surface area contributed by atoms with Gasteiger partial charge in [-0.05, 0) is 23.5 Å². The first-order valence-electron chi connectivity index (χ1n) is 7.02. The zero-order valence-corrected chi connectivity index (χ0v) is 11.9. The van der Waals surface area contributed by atoms with Crippen molar-refractivity contribution < 1.29 is 9.90 Å². The van der Waals surface area contributed by atoms with Gasteiger partial charge in [-0.3, -0.25) is 4.79 Å². The van der Waals surface area contributed by atoms with Gasteiger partial charge < -0.3 is 10.4 Å². The fraction of sp³-hybridized carbons (Fsp3) is 0.500. The van der Waals surface area contributed by atoms with Gasteiger partial charge in [-0.15, -0.1) is 0 Å². The second kappa shape index (κ2) is 9.11. The molecule has 0 aromatic heterocycles. The third-order valence-corrected chi connectivity index (χ3v) is 3.44. The summed E-state index contributed by atoms with van der Waals surface area (Å²) in [4.78, 5) is 11.9. The van der Waals surface area contributed by atoms with E-state index in [2.05, 4.69) is 18.3 Å². The van der Waals surface area contributed by atoms with Crippen LogP contribution in [-0.4, -0.2) is 24.2 Å². The van der Waals surface area contributed by atoms with Crippen molar-refractivity contribution in [2.45, 2.75) is 32.6 Å². The number of nitrogens with one attached hydrogen (secondary N) is 1. The van der Waals surface area contributed by atoms with E-state index in [-0.39, 0.29) is 12.5 Å². The Balaban J connectivity index is 2.52. The average Bonchev–Trinajstić information content (AvgIpc) is 2.46. The number of carbonyl (C=O) groups is 1.